The van der Waals surface area contributed by atoms with Crippen molar-refractivity contribution in [2.45, 2.75) is 52.4 Å². The molecule has 2 aromatic carbocycles. The van der Waals surface area contributed by atoms with Gasteiger partial charge in [-0.05, 0) is 0 Å². The van der Waals surface area contributed by atoms with E-state index in [4.69, 9.17) is 4.52 Å². The zero-order valence-corrected chi connectivity index (χ0v) is 16.4. The first-order valence-electron chi connectivity index (χ1n) is 8.25. The van der Waals surface area contributed by atoms with Gasteiger partial charge in [-0.1, -0.05) is 0 Å². The predicted molar refractivity (Wildman–Crippen MR) is 103 cm³/mol. The van der Waals surface area contributed by atoms with Crippen LogP contribution in [0.1, 0.15) is 52.7 Å². The van der Waals surface area contributed by atoms with Crippen LogP contribution in [0.3, 0.4) is 0 Å². The summed E-state index contributed by atoms with van der Waals surface area (Å²) in [5, 5.41) is 0.435. The van der Waals surface area contributed by atoms with Gasteiger partial charge >= 0.3 is 145 Å². The quantitative estimate of drug-likeness (QED) is 0.805. The Bertz CT molecular complexity index is 695. The van der Waals surface area contributed by atoms with Gasteiger partial charge in [0.05, 0.1) is 0 Å². The van der Waals surface area contributed by atoms with E-state index in [1.807, 2.05) is 18.2 Å². The van der Waals surface area contributed by atoms with Crippen molar-refractivity contribution in [3.05, 3.63) is 59.7 Å². The van der Waals surface area contributed by atoms with E-state index in [1.54, 1.807) is 24.3 Å². The number of hydrogen-bond acceptors (Lipinski definition) is 3. The van der Waals surface area contributed by atoms with Crippen molar-refractivity contribution in [1.29, 1.82) is 0 Å². The molecule has 3 nitrogen and oxygen atoms in total. The molecule has 0 amide bonds. The third-order valence-electron chi connectivity index (χ3n) is 4.06. The minimum atomic E-state index is -3.99. The predicted octanol–water partition coefficient (Wildman–Crippen LogP) is 4.47. The Morgan fingerprint density at radius 1 is 0.792 bits per heavy atom. The second-order valence-electron chi connectivity index (χ2n) is 8.29. The fourth-order valence-corrected chi connectivity index (χ4v) is 3.77. The van der Waals surface area contributed by atoms with Crippen LogP contribution in [0.4, 0.5) is 0 Å². The molecule has 132 valence electrons. The molecule has 0 spiro atoms. The summed E-state index contributed by atoms with van der Waals surface area (Å²) in [5.74, 6) is 0.538. The molecule has 0 aliphatic rings. The molecule has 0 unspecified atom stereocenters. The molecular weight excluding hydrogens is 319 g/mol. The van der Waals surface area contributed by atoms with Crippen molar-refractivity contribution >= 4 is 13.2 Å². The summed E-state index contributed by atoms with van der Waals surface area (Å²) in [4.78, 5) is 21.1. The van der Waals surface area contributed by atoms with Gasteiger partial charge in [0.2, 0.25) is 0 Å². The van der Waals surface area contributed by atoms with Crippen LogP contribution >= 0.6 is 7.94 Å². The molecule has 0 aliphatic carbocycles. The first-order valence-corrected chi connectivity index (χ1v) is 10.1. The Balaban J connectivity index is 2.47. The fraction of sp³-hybridized carbons (Fsp3) is 0.400. The second kappa shape index (κ2) is 6.48. The van der Waals surface area contributed by atoms with Gasteiger partial charge in [0, 0.05) is 0 Å². The molecule has 0 radical (unpaired) electrons. The van der Waals surface area contributed by atoms with Crippen molar-refractivity contribution in [2.75, 3.05) is 0 Å². The molecule has 4 heteroatoms. The van der Waals surface area contributed by atoms with Crippen LogP contribution in [-0.2, 0) is 10.8 Å². The summed E-state index contributed by atoms with van der Waals surface area (Å²) in [5.41, 5.74) is 2.02. The van der Waals surface area contributed by atoms with E-state index in [-0.39, 0.29) is 10.8 Å². The number of hydrogen-bond donors (Lipinski definition) is 2. The zero-order valence-electron chi connectivity index (χ0n) is 15.4. The van der Waals surface area contributed by atoms with E-state index >= 15 is 0 Å². The molecule has 2 rings (SSSR count). The molecule has 0 saturated heterocycles. The molecule has 0 fully saturated rings. The topological polar surface area (TPSA) is 49.7 Å². The van der Waals surface area contributed by atoms with Gasteiger partial charge in [-0.3, -0.25) is 0 Å². The molecule has 0 aromatic heterocycles. The Hall–Kier alpha value is -1.41. The Labute approximate surface area is 145 Å². The fourth-order valence-electron chi connectivity index (χ4n) is 2.54. The molecule has 0 saturated carbocycles. The molecule has 24 heavy (non-hydrogen) atoms. The van der Waals surface area contributed by atoms with Gasteiger partial charge in [-0.25, -0.2) is 0 Å². The third-order valence-corrected chi connectivity index (χ3v) is 5.65. The summed E-state index contributed by atoms with van der Waals surface area (Å²) in [6.45, 7) is 12.8. The molecule has 0 aliphatic heterocycles. The summed E-state index contributed by atoms with van der Waals surface area (Å²) in [7, 11) is -3.99. The van der Waals surface area contributed by atoms with Crippen LogP contribution in [0.25, 0.3) is 0 Å². The monoisotopic (exact) mass is 348 g/mol. The van der Waals surface area contributed by atoms with Gasteiger partial charge in [0.25, 0.3) is 0 Å². The van der Waals surface area contributed by atoms with Gasteiger partial charge < -0.3 is 0 Å². The standard InChI is InChI=1S/C20H29O3P/c1-19(2,3)15-12-13-18(17(14-15)20(4,5)6)23-24(21,22)16-10-8-7-9-11-16/h7-14,21-22,24H,1-6H3. The molecule has 0 heterocycles. The van der Waals surface area contributed by atoms with Gasteiger partial charge in [0.15, 0.2) is 0 Å². The molecule has 0 atom stereocenters. The molecule has 0 bridgehead atoms. The first-order chi connectivity index (χ1) is 10.9. The van der Waals surface area contributed by atoms with Crippen molar-refractivity contribution < 1.29 is 14.3 Å². The van der Waals surface area contributed by atoms with Crippen LogP contribution < -0.4 is 9.83 Å². The summed E-state index contributed by atoms with van der Waals surface area (Å²) in [6.07, 6.45) is 0. The average Bonchev–Trinajstić information content (AvgIpc) is 2.46. The van der Waals surface area contributed by atoms with Crippen LogP contribution in [0.2, 0.25) is 0 Å². The third kappa shape index (κ3) is 4.36. The molecule has 2 N–H and O–H groups in total. The zero-order chi connectivity index (χ0) is 18.2. The summed E-state index contributed by atoms with van der Waals surface area (Å²) in [6, 6.07) is 14.7. The van der Waals surface area contributed by atoms with E-state index in [1.165, 1.54) is 5.56 Å². The van der Waals surface area contributed by atoms with Gasteiger partial charge in [-0.2, -0.15) is 0 Å². The normalized spacial score (nSPS) is 13.7. The van der Waals surface area contributed by atoms with Crippen LogP contribution in [-0.4, -0.2) is 9.79 Å². The van der Waals surface area contributed by atoms with Crippen LogP contribution in [0, 0.1) is 0 Å². The second-order valence-corrected chi connectivity index (χ2v) is 10.3. The van der Waals surface area contributed by atoms with Crippen LogP contribution in [0.15, 0.2) is 48.5 Å². The van der Waals surface area contributed by atoms with E-state index in [9.17, 15) is 9.79 Å². The maximum atomic E-state index is 10.5. The SMILES string of the molecule is CC(C)(C)c1ccc(O[PH](O)(O)c2ccccc2)c(C(C)(C)C)c1. The van der Waals surface area contributed by atoms with Gasteiger partial charge in [0.1, 0.15) is 0 Å². The van der Waals surface area contributed by atoms with Crippen molar-refractivity contribution in [2.24, 2.45) is 0 Å². The van der Waals surface area contributed by atoms with E-state index in [0.717, 1.165) is 5.56 Å². The molecule has 2 aromatic rings. The van der Waals surface area contributed by atoms with Crippen molar-refractivity contribution in [3.63, 3.8) is 0 Å². The van der Waals surface area contributed by atoms with E-state index in [2.05, 4.69) is 47.6 Å². The number of rotatable bonds is 3. The molecular formula is C20H29O3P. The van der Waals surface area contributed by atoms with Crippen LogP contribution in [0.5, 0.6) is 5.75 Å². The Morgan fingerprint density at radius 2 is 1.38 bits per heavy atom. The number of benzene rings is 2. The Kier molecular flexibility index (Phi) is 5.11. The minimum absolute atomic E-state index is 0.0188. The van der Waals surface area contributed by atoms with Crippen molar-refractivity contribution in [1.82, 2.24) is 0 Å². The van der Waals surface area contributed by atoms with E-state index in [0.29, 0.717) is 11.1 Å². The maximum absolute atomic E-state index is 10.5. The average molecular weight is 348 g/mol. The van der Waals surface area contributed by atoms with Crippen molar-refractivity contribution in [3.8, 4) is 5.75 Å². The van der Waals surface area contributed by atoms with E-state index < -0.39 is 7.94 Å². The summed E-state index contributed by atoms with van der Waals surface area (Å²) >= 11 is 0. The first kappa shape index (κ1) is 18.9. The Morgan fingerprint density at radius 3 is 1.88 bits per heavy atom. The summed E-state index contributed by atoms with van der Waals surface area (Å²) < 4.78 is 5.76. The van der Waals surface area contributed by atoms with Gasteiger partial charge in [-0.15, -0.1) is 0 Å².